The van der Waals surface area contributed by atoms with E-state index in [4.69, 9.17) is 4.74 Å². The van der Waals surface area contributed by atoms with Gasteiger partial charge < -0.3 is 20.1 Å². The van der Waals surface area contributed by atoms with Crippen LogP contribution in [0.15, 0.2) is 29.3 Å². The van der Waals surface area contributed by atoms with Gasteiger partial charge in [-0.05, 0) is 44.8 Å². The molecule has 28 heavy (non-hydrogen) atoms. The van der Waals surface area contributed by atoms with Gasteiger partial charge in [0.05, 0.1) is 0 Å². The van der Waals surface area contributed by atoms with E-state index in [-0.39, 0.29) is 11.3 Å². The molecule has 156 valence electrons. The molecule has 0 aliphatic carbocycles. The summed E-state index contributed by atoms with van der Waals surface area (Å²) in [4.78, 5) is 6.88. The summed E-state index contributed by atoms with van der Waals surface area (Å²) in [5.41, 5.74) is 0.745. The predicted octanol–water partition coefficient (Wildman–Crippen LogP) is 2.60. The van der Waals surface area contributed by atoms with Crippen molar-refractivity contribution in [1.29, 1.82) is 0 Å². The van der Waals surface area contributed by atoms with Crippen molar-refractivity contribution < 1.29 is 18.3 Å². The lowest BCUT2D eigenvalue weighted by Crippen LogP contribution is -2.58. The molecule has 0 unspecified atom stereocenters. The largest absolute Gasteiger partial charge is 0.434 e. The normalized spacial score (nSPS) is 20.4. The lowest BCUT2D eigenvalue weighted by Gasteiger charge is -2.45. The Morgan fingerprint density at radius 3 is 2.61 bits per heavy atom. The molecule has 2 heterocycles. The van der Waals surface area contributed by atoms with E-state index in [0.29, 0.717) is 18.1 Å². The molecular formula is C20H30F2N4O2. The summed E-state index contributed by atoms with van der Waals surface area (Å²) >= 11 is 0. The zero-order chi connectivity index (χ0) is 19.8. The number of hydrogen-bond acceptors (Lipinski definition) is 4. The second-order valence-electron chi connectivity index (χ2n) is 7.30. The second-order valence-corrected chi connectivity index (χ2v) is 7.30. The van der Waals surface area contributed by atoms with E-state index < -0.39 is 6.61 Å². The molecule has 1 aromatic carbocycles. The van der Waals surface area contributed by atoms with E-state index in [1.807, 2.05) is 0 Å². The van der Waals surface area contributed by atoms with Gasteiger partial charge in [0, 0.05) is 44.5 Å². The number of halogens is 2. The molecule has 1 aromatic rings. The third-order valence-corrected chi connectivity index (χ3v) is 5.64. The van der Waals surface area contributed by atoms with Crippen LogP contribution in [0.25, 0.3) is 0 Å². The van der Waals surface area contributed by atoms with Crippen molar-refractivity contribution in [1.82, 2.24) is 15.5 Å². The summed E-state index contributed by atoms with van der Waals surface area (Å²) in [6.45, 7) is 2.11. The molecule has 2 fully saturated rings. The van der Waals surface area contributed by atoms with E-state index in [9.17, 15) is 8.78 Å². The number of benzene rings is 1. The molecule has 8 heteroatoms. The maximum Gasteiger partial charge on any atom is 0.387 e. The first-order chi connectivity index (χ1) is 13.6. The average Bonchev–Trinajstić information content (AvgIpc) is 3.25. The monoisotopic (exact) mass is 396 g/mol. The fourth-order valence-electron chi connectivity index (χ4n) is 4.06. The van der Waals surface area contributed by atoms with Gasteiger partial charge in [0.25, 0.3) is 0 Å². The molecule has 0 radical (unpaired) electrons. The van der Waals surface area contributed by atoms with Gasteiger partial charge >= 0.3 is 6.61 Å². The van der Waals surface area contributed by atoms with E-state index in [2.05, 4.69) is 25.3 Å². The molecule has 0 spiro atoms. The third kappa shape index (κ3) is 5.32. The minimum Gasteiger partial charge on any atom is -0.434 e. The van der Waals surface area contributed by atoms with Crippen LogP contribution in [0.3, 0.4) is 0 Å². The number of nitrogens with one attached hydrogen (secondary N) is 2. The molecule has 0 atom stereocenters. The Balaban J connectivity index is 1.58. The molecule has 0 aromatic heterocycles. The molecule has 6 nitrogen and oxygen atoms in total. The first-order valence-electron chi connectivity index (χ1n) is 9.93. The van der Waals surface area contributed by atoms with Crippen LogP contribution in [0.2, 0.25) is 0 Å². The number of para-hydroxylation sites is 1. The molecule has 0 bridgehead atoms. The number of guanidine groups is 1. The Kier molecular flexibility index (Phi) is 7.44. The van der Waals surface area contributed by atoms with Gasteiger partial charge in [0.1, 0.15) is 5.75 Å². The van der Waals surface area contributed by atoms with Gasteiger partial charge in [-0.1, -0.05) is 18.2 Å². The number of likely N-dealkylation sites (tertiary alicyclic amines) is 1. The quantitative estimate of drug-likeness (QED) is 0.548. The molecule has 2 N–H and O–H groups in total. The van der Waals surface area contributed by atoms with Crippen LogP contribution >= 0.6 is 0 Å². The Labute approximate surface area is 165 Å². The van der Waals surface area contributed by atoms with Crippen molar-refractivity contribution in [3.05, 3.63) is 29.8 Å². The van der Waals surface area contributed by atoms with Crippen molar-refractivity contribution in [3.8, 4) is 5.75 Å². The number of hydrogen-bond donors (Lipinski definition) is 2. The van der Waals surface area contributed by atoms with Crippen LogP contribution in [0.5, 0.6) is 5.75 Å². The van der Waals surface area contributed by atoms with Gasteiger partial charge in [0.15, 0.2) is 5.96 Å². The standard InChI is InChI=1S/C20H30F2N4O2/c1-23-19(24-14-16-6-2-3-7-17(16)28-18(21)22)25-15-20(8-12-27-13-9-20)26-10-4-5-11-26/h2-3,6-7,18H,4-5,8-15H2,1H3,(H2,23,24,25). The zero-order valence-corrected chi connectivity index (χ0v) is 16.4. The number of rotatable bonds is 7. The summed E-state index contributed by atoms with van der Waals surface area (Å²) in [5.74, 6) is 0.829. The topological polar surface area (TPSA) is 58.1 Å². The van der Waals surface area contributed by atoms with Crippen LogP contribution in [0.1, 0.15) is 31.2 Å². The highest BCUT2D eigenvalue weighted by Crippen LogP contribution is 2.30. The minimum absolute atomic E-state index is 0.0864. The summed E-state index contributed by atoms with van der Waals surface area (Å²) in [6.07, 6.45) is 4.50. The van der Waals surface area contributed by atoms with E-state index in [1.54, 1.807) is 31.3 Å². The van der Waals surface area contributed by atoms with Crippen molar-refractivity contribution >= 4 is 5.96 Å². The maximum absolute atomic E-state index is 12.6. The van der Waals surface area contributed by atoms with E-state index >= 15 is 0 Å². The van der Waals surface area contributed by atoms with Crippen LogP contribution in [-0.4, -0.2) is 62.9 Å². The first kappa shape index (κ1) is 20.8. The number of aliphatic imine (C=N–C) groups is 1. The van der Waals surface area contributed by atoms with Crippen LogP contribution in [0, 0.1) is 0 Å². The summed E-state index contributed by atoms with van der Waals surface area (Å²) < 4.78 is 35.4. The maximum atomic E-state index is 12.6. The molecule has 0 amide bonds. The summed E-state index contributed by atoms with van der Waals surface area (Å²) in [7, 11) is 1.71. The molecule has 2 saturated heterocycles. The Hall–Kier alpha value is -1.93. The zero-order valence-electron chi connectivity index (χ0n) is 16.4. The van der Waals surface area contributed by atoms with Crippen LogP contribution in [-0.2, 0) is 11.3 Å². The molecule has 2 aliphatic rings. The summed E-state index contributed by atoms with van der Waals surface area (Å²) in [5, 5.41) is 6.65. The molecular weight excluding hydrogens is 366 g/mol. The summed E-state index contributed by atoms with van der Waals surface area (Å²) in [6, 6.07) is 6.79. The highest BCUT2D eigenvalue weighted by atomic mass is 19.3. The predicted molar refractivity (Wildman–Crippen MR) is 105 cm³/mol. The van der Waals surface area contributed by atoms with Crippen molar-refractivity contribution in [3.63, 3.8) is 0 Å². The van der Waals surface area contributed by atoms with Crippen molar-refractivity contribution in [2.45, 2.75) is 44.4 Å². The SMILES string of the molecule is CN=C(NCc1ccccc1OC(F)F)NCC1(N2CCCC2)CCOCC1. The minimum atomic E-state index is -2.84. The van der Waals surface area contributed by atoms with Gasteiger partial charge in [-0.25, -0.2) is 0 Å². The highest BCUT2D eigenvalue weighted by molar-refractivity contribution is 5.79. The van der Waals surface area contributed by atoms with Crippen LogP contribution < -0.4 is 15.4 Å². The van der Waals surface area contributed by atoms with Gasteiger partial charge in [-0.15, -0.1) is 0 Å². The Morgan fingerprint density at radius 2 is 1.93 bits per heavy atom. The number of ether oxygens (including phenoxy) is 2. The third-order valence-electron chi connectivity index (χ3n) is 5.64. The van der Waals surface area contributed by atoms with Crippen molar-refractivity contribution in [2.24, 2.45) is 4.99 Å². The lowest BCUT2D eigenvalue weighted by molar-refractivity contribution is -0.0504. The van der Waals surface area contributed by atoms with Gasteiger partial charge in [-0.3, -0.25) is 9.89 Å². The van der Waals surface area contributed by atoms with E-state index in [1.165, 1.54) is 12.8 Å². The highest BCUT2D eigenvalue weighted by Gasteiger charge is 2.39. The van der Waals surface area contributed by atoms with Crippen molar-refractivity contribution in [2.75, 3.05) is 39.9 Å². The van der Waals surface area contributed by atoms with Gasteiger partial charge in [0.2, 0.25) is 0 Å². The smallest absolute Gasteiger partial charge is 0.387 e. The number of nitrogens with zero attached hydrogens (tertiary/aromatic N) is 2. The second kappa shape index (κ2) is 10.0. The first-order valence-corrected chi connectivity index (χ1v) is 9.93. The molecule has 0 saturated carbocycles. The van der Waals surface area contributed by atoms with E-state index in [0.717, 1.165) is 45.7 Å². The average molecular weight is 396 g/mol. The Morgan fingerprint density at radius 1 is 1.21 bits per heavy atom. The lowest BCUT2D eigenvalue weighted by atomic mass is 9.88. The fourth-order valence-corrected chi connectivity index (χ4v) is 4.06. The van der Waals surface area contributed by atoms with Crippen LogP contribution in [0.4, 0.5) is 8.78 Å². The number of alkyl halides is 2. The Bertz CT molecular complexity index is 645. The molecule has 2 aliphatic heterocycles. The molecule has 3 rings (SSSR count). The van der Waals surface area contributed by atoms with Gasteiger partial charge in [-0.2, -0.15) is 8.78 Å². The fraction of sp³-hybridized carbons (Fsp3) is 0.650.